The lowest BCUT2D eigenvalue weighted by Crippen LogP contribution is -1.99. The number of rotatable bonds is 2. The highest BCUT2D eigenvalue weighted by Gasteiger charge is 2.02. The molecule has 72 valence electrons. The summed E-state index contributed by atoms with van der Waals surface area (Å²) in [7, 11) is 0. The Labute approximate surface area is 82.7 Å². The first-order valence-corrected chi connectivity index (χ1v) is 4.51. The van der Waals surface area contributed by atoms with Crippen molar-refractivity contribution in [1.29, 1.82) is 0 Å². The molecule has 0 saturated carbocycles. The Morgan fingerprint density at radius 2 is 2.00 bits per heavy atom. The lowest BCUT2D eigenvalue weighted by Gasteiger charge is -2.05. The number of imidazole rings is 1. The van der Waals surface area contributed by atoms with Gasteiger partial charge in [-0.2, -0.15) is 0 Å². The van der Waals surface area contributed by atoms with Crippen molar-refractivity contribution in [1.82, 2.24) is 9.55 Å². The average molecular weight is 188 g/mol. The van der Waals surface area contributed by atoms with Gasteiger partial charge < -0.3 is 9.67 Å². The maximum Gasteiger partial charge on any atom is 0.139 e. The first-order valence-electron chi connectivity index (χ1n) is 4.51. The third-order valence-electron chi connectivity index (χ3n) is 2.17. The highest BCUT2D eigenvalue weighted by Crippen LogP contribution is 2.11. The standard InChI is InChI=1S/C11H12N2O/c1-9-2-4-10(5-3-9)13-7-6-12-11(13)8-14/h2-7,14H,8H2,1H3. The number of aromatic nitrogens is 2. The molecule has 0 saturated heterocycles. The Hall–Kier alpha value is -1.61. The van der Waals surface area contributed by atoms with Gasteiger partial charge in [0, 0.05) is 18.1 Å². The molecule has 1 heterocycles. The molecule has 1 aromatic heterocycles. The van der Waals surface area contributed by atoms with Crippen molar-refractivity contribution >= 4 is 0 Å². The highest BCUT2D eigenvalue weighted by molar-refractivity contribution is 5.35. The van der Waals surface area contributed by atoms with E-state index in [2.05, 4.69) is 4.98 Å². The van der Waals surface area contributed by atoms with Crippen LogP contribution in [0.5, 0.6) is 0 Å². The summed E-state index contributed by atoms with van der Waals surface area (Å²) in [6.07, 6.45) is 3.53. The number of aliphatic hydroxyl groups is 1. The van der Waals surface area contributed by atoms with Gasteiger partial charge in [0.1, 0.15) is 12.4 Å². The zero-order valence-electron chi connectivity index (χ0n) is 8.01. The molecule has 1 N–H and O–H groups in total. The minimum Gasteiger partial charge on any atom is -0.388 e. The zero-order chi connectivity index (χ0) is 9.97. The van der Waals surface area contributed by atoms with Crippen LogP contribution in [0.15, 0.2) is 36.7 Å². The van der Waals surface area contributed by atoms with Crippen molar-refractivity contribution in [2.75, 3.05) is 0 Å². The molecule has 0 bridgehead atoms. The summed E-state index contributed by atoms with van der Waals surface area (Å²) < 4.78 is 1.87. The number of nitrogens with zero attached hydrogens (tertiary/aromatic N) is 2. The van der Waals surface area contributed by atoms with Crippen LogP contribution in [0.2, 0.25) is 0 Å². The number of hydrogen-bond donors (Lipinski definition) is 1. The second-order valence-electron chi connectivity index (χ2n) is 3.21. The maximum absolute atomic E-state index is 9.04. The largest absolute Gasteiger partial charge is 0.388 e. The lowest BCUT2D eigenvalue weighted by atomic mass is 10.2. The molecule has 1 aromatic carbocycles. The molecule has 0 aliphatic carbocycles. The van der Waals surface area contributed by atoms with Crippen molar-refractivity contribution in [3.63, 3.8) is 0 Å². The van der Waals surface area contributed by atoms with Gasteiger partial charge in [-0.05, 0) is 19.1 Å². The van der Waals surface area contributed by atoms with E-state index in [-0.39, 0.29) is 6.61 Å². The summed E-state index contributed by atoms with van der Waals surface area (Å²) in [5.41, 5.74) is 2.25. The number of aliphatic hydroxyl groups excluding tert-OH is 1. The maximum atomic E-state index is 9.04. The van der Waals surface area contributed by atoms with E-state index < -0.39 is 0 Å². The topological polar surface area (TPSA) is 38.0 Å². The van der Waals surface area contributed by atoms with Crippen LogP contribution in [0.25, 0.3) is 5.69 Å². The van der Waals surface area contributed by atoms with E-state index >= 15 is 0 Å². The first kappa shape index (κ1) is 8.97. The molecular formula is C11H12N2O. The van der Waals surface area contributed by atoms with Crippen LogP contribution < -0.4 is 0 Å². The van der Waals surface area contributed by atoms with Crippen LogP contribution in [0, 0.1) is 6.92 Å². The molecule has 0 atom stereocenters. The molecule has 3 heteroatoms. The molecule has 2 aromatic rings. The van der Waals surface area contributed by atoms with Gasteiger partial charge in [0.2, 0.25) is 0 Å². The third-order valence-corrected chi connectivity index (χ3v) is 2.17. The van der Waals surface area contributed by atoms with E-state index in [9.17, 15) is 0 Å². The molecule has 3 nitrogen and oxygen atoms in total. The van der Waals surface area contributed by atoms with Crippen LogP contribution in [0.4, 0.5) is 0 Å². The van der Waals surface area contributed by atoms with Gasteiger partial charge in [0.05, 0.1) is 0 Å². The zero-order valence-corrected chi connectivity index (χ0v) is 8.01. The molecule has 0 aliphatic rings. The van der Waals surface area contributed by atoms with E-state index in [4.69, 9.17) is 5.11 Å². The van der Waals surface area contributed by atoms with Gasteiger partial charge in [0.15, 0.2) is 0 Å². The van der Waals surface area contributed by atoms with Crippen LogP contribution in [0.1, 0.15) is 11.4 Å². The van der Waals surface area contributed by atoms with Crippen LogP contribution in [0.3, 0.4) is 0 Å². The van der Waals surface area contributed by atoms with Crippen LogP contribution in [-0.2, 0) is 6.61 Å². The highest BCUT2D eigenvalue weighted by atomic mass is 16.3. The summed E-state index contributed by atoms with van der Waals surface area (Å²) in [5, 5.41) is 9.04. The predicted octanol–water partition coefficient (Wildman–Crippen LogP) is 1.67. The van der Waals surface area contributed by atoms with Crippen molar-refractivity contribution in [3.8, 4) is 5.69 Å². The van der Waals surface area contributed by atoms with Gasteiger partial charge in [0.25, 0.3) is 0 Å². The summed E-state index contributed by atoms with van der Waals surface area (Å²) in [5.74, 6) is 0.661. The molecule has 0 radical (unpaired) electrons. The molecule has 14 heavy (non-hydrogen) atoms. The van der Waals surface area contributed by atoms with E-state index in [1.54, 1.807) is 6.20 Å². The number of hydrogen-bond acceptors (Lipinski definition) is 2. The quantitative estimate of drug-likeness (QED) is 0.778. The normalized spacial score (nSPS) is 10.4. The lowest BCUT2D eigenvalue weighted by molar-refractivity contribution is 0.269. The second kappa shape index (κ2) is 3.64. The van der Waals surface area contributed by atoms with E-state index in [1.807, 2.05) is 42.0 Å². The van der Waals surface area contributed by atoms with E-state index in [0.29, 0.717) is 5.82 Å². The fourth-order valence-corrected chi connectivity index (χ4v) is 1.39. The fourth-order valence-electron chi connectivity index (χ4n) is 1.39. The minimum atomic E-state index is -0.0408. The fraction of sp³-hybridized carbons (Fsp3) is 0.182. The Morgan fingerprint density at radius 1 is 1.29 bits per heavy atom. The predicted molar refractivity (Wildman–Crippen MR) is 54.2 cm³/mol. The number of aryl methyl sites for hydroxylation is 1. The average Bonchev–Trinajstić information content (AvgIpc) is 2.67. The van der Waals surface area contributed by atoms with Gasteiger partial charge in [-0.1, -0.05) is 17.7 Å². The Kier molecular flexibility index (Phi) is 2.33. The van der Waals surface area contributed by atoms with Gasteiger partial charge in [-0.15, -0.1) is 0 Å². The van der Waals surface area contributed by atoms with Crippen molar-refractivity contribution < 1.29 is 5.11 Å². The summed E-state index contributed by atoms with van der Waals surface area (Å²) in [6, 6.07) is 8.10. The smallest absolute Gasteiger partial charge is 0.139 e. The molecule has 0 amide bonds. The molecule has 0 fully saturated rings. The number of benzene rings is 1. The van der Waals surface area contributed by atoms with Crippen molar-refractivity contribution in [3.05, 3.63) is 48.0 Å². The van der Waals surface area contributed by atoms with E-state index in [0.717, 1.165) is 5.69 Å². The van der Waals surface area contributed by atoms with Crippen molar-refractivity contribution in [2.45, 2.75) is 13.5 Å². The molecular weight excluding hydrogens is 176 g/mol. The summed E-state index contributed by atoms with van der Waals surface area (Å²) in [6.45, 7) is 2.01. The Morgan fingerprint density at radius 3 is 2.64 bits per heavy atom. The van der Waals surface area contributed by atoms with E-state index in [1.165, 1.54) is 5.56 Å². The molecule has 0 spiro atoms. The molecule has 0 unspecified atom stereocenters. The van der Waals surface area contributed by atoms with Crippen molar-refractivity contribution in [2.24, 2.45) is 0 Å². The summed E-state index contributed by atoms with van der Waals surface area (Å²) >= 11 is 0. The third kappa shape index (κ3) is 1.54. The van der Waals surface area contributed by atoms with Crippen LogP contribution in [-0.4, -0.2) is 14.7 Å². The van der Waals surface area contributed by atoms with Gasteiger partial charge in [-0.25, -0.2) is 4.98 Å². The molecule has 0 aliphatic heterocycles. The molecule has 2 rings (SSSR count). The Balaban J connectivity index is 2.44. The van der Waals surface area contributed by atoms with Gasteiger partial charge in [-0.3, -0.25) is 0 Å². The second-order valence-corrected chi connectivity index (χ2v) is 3.21. The monoisotopic (exact) mass is 188 g/mol. The first-order chi connectivity index (χ1) is 6.81. The van der Waals surface area contributed by atoms with Crippen LogP contribution >= 0.6 is 0 Å². The Bertz CT molecular complexity index is 417. The van der Waals surface area contributed by atoms with Gasteiger partial charge >= 0.3 is 0 Å². The summed E-state index contributed by atoms with van der Waals surface area (Å²) in [4.78, 5) is 4.05. The SMILES string of the molecule is Cc1ccc(-n2ccnc2CO)cc1. The minimum absolute atomic E-state index is 0.0408.